The third-order valence-electron chi connectivity index (χ3n) is 11.3. The average molecular weight is 741 g/mol. The number of alkyl carbamates (subject to hydrolysis) is 2. The van der Waals surface area contributed by atoms with E-state index in [0.29, 0.717) is 24.9 Å². The second-order valence-electron chi connectivity index (χ2n) is 14.9. The van der Waals surface area contributed by atoms with E-state index in [1.807, 2.05) is 31.1 Å². The van der Waals surface area contributed by atoms with Crippen LogP contribution in [0.5, 0.6) is 0 Å². The van der Waals surface area contributed by atoms with Crippen LogP contribution in [0.2, 0.25) is 0 Å². The van der Waals surface area contributed by atoms with Crippen LogP contribution in [0.3, 0.4) is 0 Å². The van der Waals surface area contributed by atoms with E-state index in [0.717, 1.165) is 80.0 Å². The maximum absolute atomic E-state index is 13.5. The number of hydrogen-bond donors (Lipinski definition) is 4. The molecule has 3 fully saturated rings. The van der Waals surface area contributed by atoms with E-state index >= 15 is 0 Å². The fourth-order valence-electron chi connectivity index (χ4n) is 8.28. The van der Waals surface area contributed by atoms with E-state index in [9.17, 15) is 19.2 Å². The summed E-state index contributed by atoms with van der Waals surface area (Å²) in [4.78, 5) is 70.7. The fourth-order valence-corrected chi connectivity index (χ4v) is 8.28. The zero-order chi connectivity index (χ0) is 38.4. The van der Waals surface area contributed by atoms with Gasteiger partial charge in [-0.05, 0) is 74.3 Å². The third kappa shape index (κ3) is 8.40. The van der Waals surface area contributed by atoms with Gasteiger partial charge in [-0.3, -0.25) is 9.59 Å². The number of aromatic amines is 2. The number of rotatable bonds is 11. The number of aromatic nitrogens is 4. The van der Waals surface area contributed by atoms with Gasteiger partial charge in [0.05, 0.1) is 38.2 Å². The van der Waals surface area contributed by atoms with Gasteiger partial charge in [-0.25, -0.2) is 19.6 Å². The summed E-state index contributed by atoms with van der Waals surface area (Å²) < 4.78 is 9.45. The predicted molar refractivity (Wildman–Crippen MR) is 201 cm³/mol. The molecule has 288 valence electrons. The first-order valence-corrected chi connectivity index (χ1v) is 19.0. The van der Waals surface area contributed by atoms with Crippen LogP contribution in [-0.2, 0) is 19.1 Å². The number of carbonyl (C=O) groups is 4. The van der Waals surface area contributed by atoms with Gasteiger partial charge in [-0.2, -0.15) is 0 Å². The largest absolute Gasteiger partial charge is 0.453 e. The number of amides is 4. The maximum Gasteiger partial charge on any atom is 0.407 e. The Balaban J connectivity index is 1.04. The lowest BCUT2D eigenvalue weighted by Crippen LogP contribution is -2.51. The van der Waals surface area contributed by atoms with Crippen molar-refractivity contribution in [2.75, 3.05) is 27.3 Å². The first kappa shape index (κ1) is 38.4. The number of imidazole rings is 2. The van der Waals surface area contributed by atoms with E-state index in [4.69, 9.17) is 25.9 Å². The number of terminal acetylenes is 1. The number of nitrogens with zero attached hydrogens (tertiary/aromatic N) is 4. The van der Waals surface area contributed by atoms with Crippen molar-refractivity contribution in [3.63, 3.8) is 0 Å². The standard InChI is InChI=1S/C40H52N8O6/c1-6-9-29(45-39(51)53-4)37(49)47-20-7-10-32(47)35-41-22-30(43-35)27-16-12-25(13-17-27)26-14-18-28(19-15-26)31-23-42-36(44-31)33-11-8-21-48(33)38(50)34(24(2)3)46-40(52)54-5/h1,14-15,18-19,22-25,27,29,32-34H,7-13,16-17,20-21H2,2-5H3,(H,41,43)(H,42,44)(H,45,51)(H,46,52)/t25?,27?,29-,32+,33+,34+/m1/s1. The number of benzene rings is 1. The Morgan fingerprint density at radius 1 is 0.815 bits per heavy atom. The van der Waals surface area contributed by atoms with Gasteiger partial charge < -0.3 is 39.9 Å². The Morgan fingerprint density at radius 2 is 1.39 bits per heavy atom. The predicted octanol–water partition coefficient (Wildman–Crippen LogP) is 5.70. The highest BCUT2D eigenvalue weighted by molar-refractivity contribution is 5.87. The average Bonchev–Trinajstić information content (AvgIpc) is 4.03. The molecule has 0 bridgehead atoms. The molecular weight excluding hydrogens is 688 g/mol. The molecule has 1 saturated carbocycles. The lowest BCUT2D eigenvalue weighted by Gasteiger charge is -2.30. The van der Waals surface area contributed by atoms with Gasteiger partial charge in [0.2, 0.25) is 11.8 Å². The summed E-state index contributed by atoms with van der Waals surface area (Å²) in [7, 11) is 2.55. The zero-order valence-electron chi connectivity index (χ0n) is 31.6. The Labute approximate surface area is 316 Å². The quantitative estimate of drug-likeness (QED) is 0.181. The molecule has 0 spiro atoms. The molecule has 4 atom stereocenters. The van der Waals surface area contributed by atoms with Crippen molar-refractivity contribution in [3.05, 3.63) is 59.6 Å². The summed E-state index contributed by atoms with van der Waals surface area (Å²) in [6, 6.07) is 6.78. The second-order valence-corrected chi connectivity index (χ2v) is 14.9. The van der Waals surface area contributed by atoms with E-state index in [-0.39, 0.29) is 36.2 Å². The van der Waals surface area contributed by atoms with Crippen molar-refractivity contribution >= 4 is 24.0 Å². The molecule has 54 heavy (non-hydrogen) atoms. The molecule has 4 amide bonds. The highest BCUT2D eigenvalue weighted by Crippen LogP contribution is 2.41. The van der Waals surface area contributed by atoms with E-state index in [1.165, 1.54) is 19.8 Å². The second kappa shape index (κ2) is 17.2. The molecule has 3 aromatic rings. The SMILES string of the molecule is C#CC[C@@H](NC(=O)OC)C(=O)N1CCC[C@H]1c1ncc(C2CCC(c3ccc(-c4cnc([C@@H]5CCCN5C(=O)[C@@H](NC(=O)OC)C(C)C)[nH]4)cc3)CC2)[nH]1. The number of nitrogens with one attached hydrogen (secondary N) is 4. The molecule has 1 aromatic carbocycles. The Hall–Kier alpha value is -5.32. The molecule has 2 aromatic heterocycles. The minimum atomic E-state index is -0.846. The number of H-pyrrole nitrogens is 2. The summed E-state index contributed by atoms with van der Waals surface area (Å²) in [6.45, 7) is 4.99. The molecule has 2 saturated heterocycles. The molecule has 0 radical (unpaired) electrons. The molecule has 14 heteroatoms. The monoisotopic (exact) mass is 740 g/mol. The van der Waals surface area contributed by atoms with Crippen LogP contribution in [0.25, 0.3) is 11.3 Å². The van der Waals surface area contributed by atoms with Crippen LogP contribution >= 0.6 is 0 Å². The molecule has 3 aliphatic rings. The van der Waals surface area contributed by atoms with Crippen LogP contribution in [-0.4, -0.2) is 93.1 Å². The van der Waals surface area contributed by atoms with Crippen LogP contribution in [0.1, 0.15) is 118 Å². The highest BCUT2D eigenvalue weighted by atomic mass is 16.5. The van der Waals surface area contributed by atoms with Crippen molar-refractivity contribution in [2.45, 2.75) is 108 Å². The number of hydrogen-bond acceptors (Lipinski definition) is 8. The number of carbonyl (C=O) groups excluding carboxylic acids is 4. The first-order chi connectivity index (χ1) is 26.1. The molecule has 4 heterocycles. The van der Waals surface area contributed by atoms with Crippen molar-refractivity contribution in [3.8, 4) is 23.6 Å². The fraction of sp³-hybridized carbons (Fsp3) is 0.550. The van der Waals surface area contributed by atoms with Gasteiger partial charge in [0.25, 0.3) is 0 Å². The summed E-state index contributed by atoms with van der Waals surface area (Å²) in [6.07, 6.45) is 15.5. The minimum absolute atomic E-state index is 0.0815. The Morgan fingerprint density at radius 3 is 2.00 bits per heavy atom. The van der Waals surface area contributed by atoms with E-state index < -0.39 is 24.3 Å². The van der Waals surface area contributed by atoms with Gasteiger partial charge >= 0.3 is 12.2 Å². The number of methoxy groups -OCH3 is 2. The molecule has 4 N–H and O–H groups in total. The number of ether oxygens (including phenoxy) is 2. The van der Waals surface area contributed by atoms with Crippen molar-refractivity contribution in [2.24, 2.45) is 5.92 Å². The minimum Gasteiger partial charge on any atom is -0.453 e. The Bertz CT molecular complexity index is 1820. The van der Waals surface area contributed by atoms with Gasteiger partial charge in [-0.1, -0.05) is 38.1 Å². The molecular formula is C40H52N8O6. The number of likely N-dealkylation sites (tertiary alicyclic amines) is 2. The third-order valence-corrected chi connectivity index (χ3v) is 11.3. The van der Waals surface area contributed by atoms with Crippen LogP contribution in [0, 0.1) is 18.3 Å². The van der Waals surface area contributed by atoms with Gasteiger partial charge in [0.15, 0.2) is 0 Å². The molecule has 6 rings (SSSR count). The lowest BCUT2D eigenvalue weighted by molar-refractivity contribution is -0.135. The Kier molecular flexibility index (Phi) is 12.2. The summed E-state index contributed by atoms with van der Waals surface area (Å²) in [5.41, 5.74) is 4.35. The summed E-state index contributed by atoms with van der Waals surface area (Å²) >= 11 is 0. The topological polar surface area (TPSA) is 175 Å². The van der Waals surface area contributed by atoms with E-state index in [2.05, 4.69) is 50.8 Å². The van der Waals surface area contributed by atoms with Crippen molar-refractivity contribution in [1.82, 2.24) is 40.4 Å². The molecule has 14 nitrogen and oxygen atoms in total. The van der Waals surface area contributed by atoms with Gasteiger partial charge in [0.1, 0.15) is 23.7 Å². The first-order valence-electron chi connectivity index (χ1n) is 19.0. The maximum atomic E-state index is 13.5. The van der Waals surface area contributed by atoms with Crippen LogP contribution in [0.15, 0.2) is 36.7 Å². The summed E-state index contributed by atoms with van der Waals surface area (Å²) in [5, 5.41) is 5.28. The highest BCUT2D eigenvalue weighted by Gasteiger charge is 2.38. The van der Waals surface area contributed by atoms with Crippen molar-refractivity contribution in [1.29, 1.82) is 0 Å². The van der Waals surface area contributed by atoms with Gasteiger partial charge in [0, 0.05) is 37.3 Å². The van der Waals surface area contributed by atoms with Crippen LogP contribution in [0.4, 0.5) is 9.59 Å². The smallest absolute Gasteiger partial charge is 0.407 e. The normalized spacial score (nSPS) is 22.4. The summed E-state index contributed by atoms with van der Waals surface area (Å²) in [5.74, 6) is 4.38. The van der Waals surface area contributed by atoms with Crippen molar-refractivity contribution < 1.29 is 28.7 Å². The lowest BCUT2D eigenvalue weighted by atomic mass is 9.77. The van der Waals surface area contributed by atoms with Gasteiger partial charge in [-0.15, -0.1) is 12.3 Å². The molecule has 2 aliphatic heterocycles. The van der Waals surface area contributed by atoms with Crippen LogP contribution < -0.4 is 10.6 Å². The van der Waals surface area contributed by atoms with E-state index in [1.54, 1.807) is 4.90 Å². The zero-order valence-corrected chi connectivity index (χ0v) is 31.6. The molecule has 0 unspecified atom stereocenters. The molecule has 1 aliphatic carbocycles.